The fourth-order valence-electron chi connectivity index (χ4n) is 11.0. The van der Waals surface area contributed by atoms with Crippen LogP contribution < -0.4 is 16.2 Å². The Morgan fingerprint density at radius 1 is 1.00 bits per heavy atom. The van der Waals surface area contributed by atoms with Crippen molar-refractivity contribution in [2.24, 2.45) is 53.4 Å². The number of hydrogen-bond donors (Lipinski definition) is 5. The molecule has 2 aromatic rings. The summed E-state index contributed by atoms with van der Waals surface area (Å²) in [6.45, 7) is 10.1. The van der Waals surface area contributed by atoms with E-state index in [1.54, 1.807) is 25.6 Å². The fourth-order valence-corrected chi connectivity index (χ4v) is 11.0. The number of nitrogens with one attached hydrogen (secondary N) is 2. The summed E-state index contributed by atoms with van der Waals surface area (Å²) in [5.41, 5.74) is 0.850. The average molecular weight is 665 g/mol. The summed E-state index contributed by atoms with van der Waals surface area (Å²) in [4.78, 5) is 39.4. The third kappa shape index (κ3) is 5.75. The van der Waals surface area contributed by atoms with Crippen molar-refractivity contribution < 1.29 is 24.9 Å². The number of amides is 2. The van der Waals surface area contributed by atoms with Crippen molar-refractivity contribution in [3.05, 3.63) is 46.4 Å². The monoisotopic (exact) mass is 664 g/mol. The van der Waals surface area contributed by atoms with E-state index in [1.165, 1.54) is 4.68 Å². The van der Waals surface area contributed by atoms with E-state index in [9.17, 15) is 29.7 Å². The number of anilines is 1. The summed E-state index contributed by atoms with van der Waals surface area (Å²) in [6.07, 6.45) is 5.56. The zero-order valence-electron chi connectivity index (χ0n) is 29.5. The van der Waals surface area contributed by atoms with Crippen molar-refractivity contribution >= 4 is 17.5 Å². The Morgan fingerprint density at radius 3 is 2.42 bits per heavy atom. The molecule has 1 aromatic carbocycles. The number of carbonyl (C=O) groups is 2. The van der Waals surface area contributed by atoms with Gasteiger partial charge in [0.05, 0.1) is 29.7 Å². The second kappa shape index (κ2) is 13.1. The van der Waals surface area contributed by atoms with Gasteiger partial charge >= 0.3 is 0 Å². The first kappa shape index (κ1) is 34.9. The largest absolute Gasteiger partial charge is 0.393 e. The molecule has 4 aliphatic carbocycles. The number of fused-ring (bicyclic) bond motifs is 5. The van der Waals surface area contributed by atoms with Crippen LogP contribution in [0.3, 0.4) is 0 Å². The molecule has 4 fully saturated rings. The minimum Gasteiger partial charge on any atom is -0.393 e. The minimum absolute atomic E-state index is 0.0354. The molecule has 2 amide bonds. The first-order valence-corrected chi connectivity index (χ1v) is 18.2. The second-order valence-electron chi connectivity index (χ2n) is 16.3. The van der Waals surface area contributed by atoms with Gasteiger partial charge in [0, 0.05) is 13.5 Å². The van der Waals surface area contributed by atoms with Gasteiger partial charge in [-0.2, -0.15) is 0 Å². The Morgan fingerprint density at radius 2 is 1.71 bits per heavy atom. The Bertz CT molecular complexity index is 1570. The Hall–Kier alpha value is -2.95. The number of benzene rings is 1. The molecule has 12 atom stereocenters. The molecule has 0 saturated heterocycles. The van der Waals surface area contributed by atoms with Crippen LogP contribution in [0.5, 0.6) is 0 Å². The highest BCUT2D eigenvalue weighted by atomic mass is 16.3. The van der Waals surface area contributed by atoms with E-state index in [1.807, 2.05) is 30.3 Å². The van der Waals surface area contributed by atoms with Crippen molar-refractivity contribution in [2.45, 2.75) is 117 Å². The highest BCUT2D eigenvalue weighted by Crippen LogP contribution is 2.68. The van der Waals surface area contributed by atoms with Crippen molar-refractivity contribution in [2.75, 3.05) is 5.32 Å². The van der Waals surface area contributed by atoms with Crippen LogP contribution in [0, 0.1) is 53.3 Å². The van der Waals surface area contributed by atoms with Crippen LogP contribution in [0.4, 0.5) is 5.69 Å². The third-order valence-corrected chi connectivity index (χ3v) is 13.9. The molecule has 48 heavy (non-hydrogen) atoms. The van der Waals surface area contributed by atoms with Gasteiger partial charge in [-0.05, 0) is 124 Å². The standard InChI is InChI=1S/C38H56N4O6/c1-21(12-15-32(46)39-22(2)35(47)40-34-23(3)41(6)42(36(34)48)25-10-8-7-9-11-25)27-13-14-28-33-29(20-31(45)38(27,28)5)37(4)17-16-26(43)18-24(37)19-30(33)44/h7-11,21-22,24,26-31,33,43-45H,12-20H2,1-6H3,(H,39,46)(H,40,47)/t21-,22+,24+,26-,27-,28+,29+,30-,31+,33+,37+,38-/m1/s1. The second-order valence-corrected chi connectivity index (χ2v) is 16.3. The highest BCUT2D eigenvalue weighted by Gasteiger charge is 2.65. The summed E-state index contributed by atoms with van der Waals surface area (Å²) in [7, 11) is 1.76. The molecule has 0 bridgehead atoms. The van der Waals surface area contributed by atoms with Crippen LogP contribution in [0.15, 0.2) is 35.1 Å². The molecule has 4 aliphatic rings. The lowest BCUT2D eigenvalue weighted by Gasteiger charge is -2.63. The smallest absolute Gasteiger partial charge is 0.295 e. The van der Waals surface area contributed by atoms with Crippen LogP contribution in [-0.2, 0) is 16.6 Å². The maximum atomic E-state index is 13.2. The number of aromatic nitrogens is 2. The predicted octanol–water partition coefficient (Wildman–Crippen LogP) is 4.31. The lowest BCUT2D eigenvalue weighted by Crippen LogP contribution is -2.62. The van der Waals surface area contributed by atoms with Crippen molar-refractivity contribution in [3.63, 3.8) is 0 Å². The molecule has 4 saturated carbocycles. The molecular formula is C38H56N4O6. The number of para-hydroxylation sites is 1. The van der Waals surface area contributed by atoms with E-state index in [0.717, 1.165) is 38.5 Å². The molecule has 5 N–H and O–H groups in total. The molecule has 0 unspecified atom stereocenters. The predicted molar refractivity (Wildman–Crippen MR) is 184 cm³/mol. The van der Waals surface area contributed by atoms with Crippen LogP contribution in [-0.4, -0.2) is 60.9 Å². The van der Waals surface area contributed by atoms with Gasteiger partial charge in [0.15, 0.2) is 0 Å². The van der Waals surface area contributed by atoms with E-state index >= 15 is 0 Å². The molecule has 0 aliphatic heterocycles. The van der Waals surface area contributed by atoms with Crippen molar-refractivity contribution in [3.8, 4) is 5.69 Å². The summed E-state index contributed by atoms with van der Waals surface area (Å²) in [5, 5.41) is 39.4. The van der Waals surface area contributed by atoms with E-state index in [0.29, 0.717) is 24.2 Å². The van der Waals surface area contributed by atoms with E-state index in [-0.39, 0.29) is 76.0 Å². The number of nitrogens with zero attached hydrogens (tertiary/aromatic N) is 2. The lowest BCUT2D eigenvalue weighted by molar-refractivity contribution is -0.207. The molecule has 1 heterocycles. The van der Waals surface area contributed by atoms with Crippen molar-refractivity contribution in [1.29, 1.82) is 0 Å². The summed E-state index contributed by atoms with van der Waals surface area (Å²) < 4.78 is 3.20. The zero-order valence-corrected chi connectivity index (χ0v) is 29.5. The Labute approximate surface area is 284 Å². The highest BCUT2D eigenvalue weighted by molar-refractivity contribution is 5.97. The van der Waals surface area contributed by atoms with Gasteiger partial charge in [0.2, 0.25) is 11.8 Å². The normalized spacial score (nSPS) is 37.1. The molecule has 0 spiro atoms. The fraction of sp³-hybridized carbons (Fsp3) is 0.711. The minimum atomic E-state index is -0.832. The van der Waals surface area contributed by atoms with Gasteiger partial charge in [-0.3, -0.25) is 19.1 Å². The van der Waals surface area contributed by atoms with Gasteiger partial charge in [-0.15, -0.1) is 0 Å². The Balaban J connectivity index is 1.06. The quantitative estimate of drug-likeness (QED) is 0.285. The number of aliphatic hydroxyl groups is 3. The molecule has 6 rings (SSSR count). The zero-order chi connectivity index (χ0) is 34.7. The van der Waals surface area contributed by atoms with Crippen LogP contribution >= 0.6 is 0 Å². The number of aliphatic hydroxyl groups excluding tert-OH is 3. The number of carbonyl (C=O) groups excluding carboxylic acids is 2. The SMILES string of the molecule is Cc1c(NC(=O)[C@H](C)NC(=O)CC[C@@H](C)[C@H]2CC[C@H]3[C@@H]4[C@H](O)C[C@@H]5C[C@H](O)CC[C@]5(C)[C@H]4C[C@H](O)[C@]23C)c(=O)n(-c2ccccc2)n1C. The maximum Gasteiger partial charge on any atom is 0.295 e. The van der Waals surface area contributed by atoms with E-state index < -0.39 is 24.2 Å². The van der Waals surface area contributed by atoms with Crippen molar-refractivity contribution in [1.82, 2.24) is 14.7 Å². The first-order chi connectivity index (χ1) is 22.7. The molecule has 264 valence electrons. The van der Waals surface area contributed by atoms with Crippen LogP contribution in [0.1, 0.15) is 91.2 Å². The molecule has 0 radical (unpaired) electrons. The van der Waals surface area contributed by atoms with Gasteiger partial charge in [-0.1, -0.05) is 39.0 Å². The number of rotatable bonds is 8. The topological polar surface area (TPSA) is 146 Å². The Kier molecular flexibility index (Phi) is 9.50. The van der Waals surface area contributed by atoms with Gasteiger partial charge in [0.1, 0.15) is 11.7 Å². The first-order valence-electron chi connectivity index (χ1n) is 18.2. The average Bonchev–Trinajstić information content (AvgIpc) is 3.51. The lowest BCUT2D eigenvalue weighted by atomic mass is 9.43. The summed E-state index contributed by atoms with van der Waals surface area (Å²) >= 11 is 0. The summed E-state index contributed by atoms with van der Waals surface area (Å²) in [5.74, 6) is 0.648. The third-order valence-electron chi connectivity index (χ3n) is 13.9. The van der Waals surface area contributed by atoms with E-state index in [2.05, 4.69) is 31.4 Å². The number of hydrogen-bond acceptors (Lipinski definition) is 6. The van der Waals surface area contributed by atoms with E-state index in [4.69, 9.17) is 0 Å². The molecular weight excluding hydrogens is 608 g/mol. The van der Waals surface area contributed by atoms with Gasteiger partial charge in [-0.25, -0.2) is 4.68 Å². The van der Waals surface area contributed by atoms with Gasteiger partial charge in [0.25, 0.3) is 5.56 Å². The van der Waals surface area contributed by atoms with Crippen LogP contribution in [0.2, 0.25) is 0 Å². The van der Waals surface area contributed by atoms with Gasteiger partial charge < -0.3 is 26.0 Å². The molecule has 10 heteroatoms. The molecule has 10 nitrogen and oxygen atoms in total. The molecule has 1 aromatic heterocycles. The maximum absolute atomic E-state index is 13.2. The summed E-state index contributed by atoms with van der Waals surface area (Å²) in [6, 6.07) is 8.38. The van der Waals surface area contributed by atoms with Crippen LogP contribution in [0.25, 0.3) is 5.69 Å².